The Morgan fingerprint density at radius 2 is 2.50 bits per heavy atom. The van der Waals surface area contributed by atoms with Gasteiger partial charge in [0.05, 0.1) is 0 Å². The van der Waals surface area contributed by atoms with E-state index < -0.39 is 0 Å². The molecule has 0 spiro atoms. The maximum atomic E-state index is 10.6. The summed E-state index contributed by atoms with van der Waals surface area (Å²) in [7, 11) is 1.97. The summed E-state index contributed by atoms with van der Waals surface area (Å²) in [5, 5.41) is 3.10. The van der Waals surface area contributed by atoms with Crippen LogP contribution in [0.3, 0.4) is 0 Å². The zero-order valence-corrected chi connectivity index (χ0v) is 6.35. The van der Waals surface area contributed by atoms with Crippen LogP contribution >= 0.6 is 0 Å². The van der Waals surface area contributed by atoms with Gasteiger partial charge in [-0.2, -0.15) is 0 Å². The lowest BCUT2D eigenvalue weighted by Gasteiger charge is -2.09. The summed E-state index contributed by atoms with van der Waals surface area (Å²) in [6.45, 7) is 3.48. The minimum atomic E-state index is 0.0938. The Kier molecular flexibility index (Phi) is 1.94. The second-order valence-corrected chi connectivity index (χ2v) is 2.49. The number of allylic oxidation sites excluding steroid dienone is 1. The van der Waals surface area contributed by atoms with E-state index in [0.717, 1.165) is 18.9 Å². The van der Waals surface area contributed by atoms with Gasteiger partial charge in [-0.3, -0.25) is 4.79 Å². The standard InChI is InChI=1S/C7H12N2O/c1-6(10)5-7-8-3-4-9(7)2/h5,8H,3-4H2,1-2H3/b7-5+. The van der Waals surface area contributed by atoms with Crippen molar-refractivity contribution in [1.29, 1.82) is 0 Å². The lowest BCUT2D eigenvalue weighted by Crippen LogP contribution is -2.14. The highest BCUT2D eigenvalue weighted by atomic mass is 16.1. The first-order valence-corrected chi connectivity index (χ1v) is 3.37. The molecule has 10 heavy (non-hydrogen) atoms. The van der Waals surface area contributed by atoms with Gasteiger partial charge < -0.3 is 10.2 Å². The van der Waals surface area contributed by atoms with Gasteiger partial charge in [-0.15, -0.1) is 0 Å². The van der Waals surface area contributed by atoms with E-state index in [1.165, 1.54) is 0 Å². The molecule has 0 bridgehead atoms. The van der Waals surface area contributed by atoms with Crippen LogP contribution in [-0.2, 0) is 4.79 Å². The van der Waals surface area contributed by atoms with Gasteiger partial charge in [-0.05, 0) is 6.92 Å². The molecule has 0 atom stereocenters. The molecule has 1 rings (SSSR count). The number of carbonyl (C=O) groups excluding carboxylic acids is 1. The second-order valence-electron chi connectivity index (χ2n) is 2.49. The van der Waals surface area contributed by atoms with E-state index in [4.69, 9.17) is 0 Å². The predicted octanol–water partition coefficient (Wildman–Crippen LogP) is -0.0482. The lowest BCUT2D eigenvalue weighted by molar-refractivity contribution is -0.112. The number of nitrogens with zero attached hydrogens (tertiary/aromatic N) is 1. The SMILES string of the molecule is CC(=O)/C=C1\NCCN1C. The molecule has 3 heteroatoms. The molecule has 0 unspecified atom stereocenters. The number of rotatable bonds is 1. The second kappa shape index (κ2) is 2.73. The minimum absolute atomic E-state index is 0.0938. The summed E-state index contributed by atoms with van der Waals surface area (Å²) in [6, 6.07) is 0. The molecule has 1 aliphatic rings. The lowest BCUT2D eigenvalue weighted by atomic mass is 10.4. The van der Waals surface area contributed by atoms with E-state index in [0.29, 0.717) is 0 Å². The largest absolute Gasteiger partial charge is 0.370 e. The summed E-state index contributed by atoms with van der Waals surface area (Å²) in [6.07, 6.45) is 1.62. The third kappa shape index (κ3) is 1.50. The van der Waals surface area contributed by atoms with E-state index in [1.807, 2.05) is 11.9 Å². The highest BCUT2D eigenvalue weighted by Crippen LogP contribution is 2.02. The topological polar surface area (TPSA) is 32.3 Å². The molecule has 1 N–H and O–H groups in total. The van der Waals surface area contributed by atoms with Gasteiger partial charge >= 0.3 is 0 Å². The zero-order chi connectivity index (χ0) is 7.56. The number of hydrogen-bond donors (Lipinski definition) is 1. The first-order chi connectivity index (χ1) is 4.70. The molecule has 0 saturated carbocycles. The van der Waals surface area contributed by atoms with Crippen LogP contribution in [0.4, 0.5) is 0 Å². The number of hydrogen-bond acceptors (Lipinski definition) is 3. The first-order valence-electron chi connectivity index (χ1n) is 3.37. The molecule has 1 aliphatic heterocycles. The third-order valence-corrected chi connectivity index (χ3v) is 1.50. The van der Waals surface area contributed by atoms with E-state index in [2.05, 4.69) is 5.32 Å². The fourth-order valence-corrected chi connectivity index (χ4v) is 0.961. The maximum absolute atomic E-state index is 10.6. The molecular formula is C7H12N2O. The van der Waals surface area contributed by atoms with Crippen LogP contribution in [-0.4, -0.2) is 30.8 Å². The monoisotopic (exact) mass is 140 g/mol. The van der Waals surface area contributed by atoms with Crippen molar-refractivity contribution >= 4 is 5.78 Å². The smallest absolute Gasteiger partial charge is 0.156 e. The molecule has 0 aliphatic carbocycles. The Hall–Kier alpha value is -0.990. The molecule has 3 nitrogen and oxygen atoms in total. The van der Waals surface area contributed by atoms with Crippen molar-refractivity contribution in [3.8, 4) is 0 Å². The van der Waals surface area contributed by atoms with Crippen LogP contribution in [0.5, 0.6) is 0 Å². The van der Waals surface area contributed by atoms with Gasteiger partial charge in [-0.1, -0.05) is 0 Å². The van der Waals surface area contributed by atoms with Gasteiger partial charge in [-0.25, -0.2) is 0 Å². The Labute approximate surface area is 60.7 Å². The molecule has 0 aromatic carbocycles. The van der Waals surface area contributed by atoms with Crippen LogP contribution < -0.4 is 5.32 Å². The van der Waals surface area contributed by atoms with Crippen molar-refractivity contribution < 1.29 is 4.79 Å². The molecule has 1 fully saturated rings. The van der Waals surface area contributed by atoms with E-state index >= 15 is 0 Å². The van der Waals surface area contributed by atoms with Crippen molar-refractivity contribution in [2.24, 2.45) is 0 Å². The van der Waals surface area contributed by atoms with E-state index in [-0.39, 0.29) is 5.78 Å². The van der Waals surface area contributed by atoms with E-state index in [9.17, 15) is 4.79 Å². The van der Waals surface area contributed by atoms with Crippen LogP contribution in [0.25, 0.3) is 0 Å². The molecular weight excluding hydrogens is 128 g/mol. The molecule has 0 radical (unpaired) electrons. The summed E-state index contributed by atoms with van der Waals surface area (Å²) in [4.78, 5) is 12.6. The molecule has 0 aromatic rings. The Morgan fingerprint density at radius 1 is 1.80 bits per heavy atom. The minimum Gasteiger partial charge on any atom is -0.370 e. The first kappa shape index (κ1) is 7.12. The van der Waals surface area contributed by atoms with Crippen molar-refractivity contribution in [3.63, 3.8) is 0 Å². The fourth-order valence-electron chi connectivity index (χ4n) is 0.961. The third-order valence-electron chi connectivity index (χ3n) is 1.50. The molecule has 0 amide bonds. The average molecular weight is 140 g/mol. The normalized spacial score (nSPS) is 21.4. The number of ketones is 1. The fraction of sp³-hybridized carbons (Fsp3) is 0.571. The van der Waals surface area contributed by atoms with Gasteiger partial charge in [0, 0.05) is 26.2 Å². The maximum Gasteiger partial charge on any atom is 0.156 e. The predicted molar refractivity (Wildman–Crippen MR) is 39.4 cm³/mol. The molecule has 1 saturated heterocycles. The highest BCUT2D eigenvalue weighted by molar-refractivity contribution is 5.87. The van der Waals surface area contributed by atoms with Gasteiger partial charge in [0.25, 0.3) is 0 Å². The Morgan fingerprint density at radius 3 is 2.90 bits per heavy atom. The van der Waals surface area contributed by atoms with Crippen LogP contribution in [0.15, 0.2) is 11.9 Å². The Bertz CT molecular complexity index is 174. The van der Waals surface area contributed by atoms with Crippen molar-refractivity contribution in [2.45, 2.75) is 6.92 Å². The molecule has 0 aromatic heterocycles. The summed E-state index contributed by atoms with van der Waals surface area (Å²) < 4.78 is 0. The van der Waals surface area contributed by atoms with Crippen molar-refractivity contribution in [1.82, 2.24) is 10.2 Å². The average Bonchev–Trinajstić information content (AvgIpc) is 2.15. The molecule has 56 valence electrons. The summed E-state index contributed by atoms with van der Waals surface area (Å²) in [5.74, 6) is 1.03. The van der Waals surface area contributed by atoms with E-state index in [1.54, 1.807) is 13.0 Å². The number of likely N-dealkylation sites (N-methyl/N-ethyl adjacent to an activating group) is 1. The van der Waals surface area contributed by atoms with Crippen LogP contribution in [0.2, 0.25) is 0 Å². The number of nitrogens with one attached hydrogen (secondary N) is 1. The van der Waals surface area contributed by atoms with Gasteiger partial charge in [0.1, 0.15) is 5.82 Å². The highest BCUT2D eigenvalue weighted by Gasteiger charge is 2.10. The van der Waals surface area contributed by atoms with Gasteiger partial charge in [0.15, 0.2) is 5.78 Å². The van der Waals surface area contributed by atoms with Crippen molar-refractivity contribution in [2.75, 3.05) is 20.1 Å². The molecule has 1 heterocycles. The quantitative estimate of drug-likeness (QED) is 0.518. The van der Waals surface area contributed by atoms with Crippen molar-refractivity contribution in [3.05, 3.63) is 11.9 Å². The number of carbonyl (C=O) groups is 1. The van der Waals surface area contributed by atoms with Gasteiger partial charge in [0.2, 0.25) is 0 Å². The summed E-state index contributed by atoms with van der Waals surface area (Å²) in [5.41, 5.74) is 0. The summed E-state index contributed by atoms with van der Waals surface area (Å²) >= 11 is 0. The van der Waals surface area contributed by atoms with Crippen LogP contribution in [0.1, 0.15) is 6.92 Å². The van der Waals surface area contributed by atoms with Crippen LogP contribution in [0, 0.1) is 0 Å². The zero-order valence-electron chi connectivity index (χ0n) is 6.35. The Balaban J connectivity index is 2.62.